The summed E-state index contributed by atoms with van der Waals surface area (Å²) < 4.78 is 7.19. The summed E-state index contributed by atoms with van der Waals surface area (Å²) in [4.78, 5) is 30.2. The molecule has 1 amide bonds. The number of anilines is 1. The average Bonchev–Trinajstić information content (AvgIpc) is 2.73. The lowest BCUT2D eigenvalue weighted by atomic mass is 10.0. The van der Waals surface area contributed by atoms with Crippen molar-refractivity contribution in [3.8, 4) is 17.0 Å². The molecular weight excluding hydrogens is 388 g/mol. The van der Waals surface area contributed by atoms with Gasteiger partial charge in [0.05, 0.1) is 17.9 Å². The lowest BCUT2D eigenvalue weighted by molar-refractivity contribution is -0.763. The zero-order valence-electron chi connectivity index (χ0n) is 16.4. The first-order valence-corrected chi connectivity index (χ1v) is 10.5. The number of amides is 1. The fraction of sp³-hybridized carbons (Fsp3) is 0.238. The van der Waals surface area contributed by atoms with Crippen LogP contribution in [0.2, 0.25) is 0 Å². The molecule has 0 radical (unpaired) electrons. The Hall–Kier alpha value is -3.13. The minimum Gasteiger partial charge on any atom is -0.494 e. The molecule has 2 heterocycles. The number of hydrogen-bond donors (Lipinski definition) is 1. The summed E-state index contributed by atoms with van der Waals surface area (Å²) in [5.74, 6) is 0.609. The Labute approximate surface area is 172 Å². The standard InChI is InChI=1S/C21H20N4O3S/c1-4-28-15-11-9-14(10-12-15)20-24(13(2)26)17-8-6-5-7-16(17)18-19(27)22-21(29-3)23-25(18)20/h5-12,20H,4H2,1-3H3/p+1/t20-/m0/s1. The van der Waals surface area contributed by atoms with Crippen molar-refractivity contribution >= 4 is 23.4 Å². The van der Waals surface area contributed by atoms with Crippen LogP contribution in [0.1, 0.15) is 25.6 Å². The Morgan fingerprint density at radius 1 is 1.24 bits per heavy atom. The van der Waals surface area contributed by atoms with Gasteiger partial charge in [-0.05, 0) is 54.3 Å². The van der Waals surface area contributed by atoms with E-state index in [0.717, 1.165) is 11.3 Å². The number of benzene rings is 2. The van der Waals surface area contributed by atoms with Crippen molar-refractivity contribution in [3.05, 3.63) is 64.4 Å². The maximum Gasteiger partial charge on any atom is 0.325 e. The summed E-state index contributed by atoms with van der Waals surface area (Å²) in [7, 11) is 0. The number of nitrogens with one attached hydrogen (secondary N) is 1. The highest BCUT2D eigenvalue weighted by Gasteiger charge is 2.44. The third-order valence-electron chi connectivity index (χ3n) is 4.78. The predicted octanol–water partition coefficient (Wildman–Crippen LogP) is 2.76. The summed E-state index contributed by atoms with van der Waals surface area (Å²) in [6.07, 6.45) is 1.26. The number of carbonyl (C=O) groups excluding carboxylic acids is 1. The van der Waals surface area contributed by atoms with Gasteiger partial charge in [-0.1, -0.05) is 23.9 Å². The van der Waals surface area contributed by atoms with Crippen LogP contribution >= 0.6 is 11.8 Å². The molecule has 29 heavy (non-hydrogen) atoms. The van der Waals surface area contributed by atoms with Crippen LogP contribution in [0.3, 0.4) is 0 Å². The first kappa shape index (κ1) is 19.2. The quantitative estimate of drug-likeness (QED) is 0.530. The van der Waals surface area contributed by atoms with Crippen LogP contribution in [0.4, 0.5) is 5.69 Å². The van der Waals surface area contributed by atoms with E-state index in [2.05, 4.69) is 10.1 Å². The molecule has 1 atom stereocenters. The van der Waals surface area contributed by atoms with Crippen molar-refractivity contribution in [2.75, 3.05) is 17.8 Å². The van der Waals surface area contributed by atoms with E-state index in [0.29, 0.717) is 28.7 Å². The molecule has 0 unspecified atom stereocenters. The van der Waals surface area contributed by atoms with Crippen molar-refractivity contribution < 1.29 is 14.2 Å². The third kappa shape index (κ3) is 3.29. The van der Waals surface area contributed by atoms with Crippen LogP contribution in [0.5, 0.6) is 5.75 Å². The van der Waals surface area contributed by atoms with Gasteiger partial charge in [-0.2, -0.15) is 0 Å². The van der Waals surface area contributed by atoms with Gasteiger partial charge in [-0.25, -0.2) is 4.90 Å². The van der Waals surface area contributed by atoms with Crippen molar-refractivity contribution in [3.63, 3.8) is 0 Å². The van der Waals surface area contributed by atoms with Gasteiger partial charge in [-0.15, -0.1) is 0 Å². The molecule has 0 spiro atoms. The Kier molecular flexibility index (Phi) is 5.10. The molecule has 3 aromatic rings. The minimum atomic E-state index is -0.582. The molecule has 0 saturated carbocycles. The number of ether oxygens (including phenoxy) is 1. The Morgan fingerprint density at radius 3 is 2.62 bits per heavy atom. The highest BCUT2D eigenvalue weighted by molar-refractivity contribution is 7.98. The molecule has 148 valence electrons. The Bertz CT molecular complexity index is 1130. The highest BCUT2D eigenvalue weighted by Crippen LogP contribution is 2.37. The van der Waals surface area contributed by atoms with Crippen LogP contribution in [-0.4, -0.2) is 28.9 Å². The second kappa shape index (κ2) is 7.71. The zero-order valence-corrected chi connectivity index (χ0v) is 17.2. The van der Waals surface area contributed by atoms with Gasteiger partial charge in [0.15, 0.2) is 0 Å². The summed E-state index contributed by atoms with van der Waals surface area (Å²) in [6.45, 7) is 4.02. The number of thioether (sulfide) groups is 1. The third-order valence-corrected chi connectivity index (χ3v) is 5.35. The number of fused-ring (bicyclic) bond motifs is 3. The van der Waals surface area contributed by atoms with E-state index in [1.807, 2.05) is 61.7 Å². The average molecular weight is 409 g/mol. The molecular formula is C21H21N4O3S+. The predicted molar refractivity (Wildman–Crippen MR) is 111 cm³/mol. The van der Waals surface area contributed by atoms with E-state index in [4.69, 9.17) is 4.74 Å². The van der Waals surface area contributed by atoms with Gasteiger partial charge in [0.2, 0.25) is 11.1 Å². The van der Waals surface area contributed by atoms with E-state index < -0.39 is 6.17 Å². The second-order valence-corrected chi connectivity index (χ2v) is 7.33. The fourth-order valence-electron chi connectivity index (χ4n) is 3.61. The van der Waals surface area contributed by atoms with E-state index in [9.17, 15) is 9.59 Å². The van der Waals surface area contributed by atoms with E-state index in [1.165, 1.54) is 18.7 Å². The molecule has 0 bridgehead atoms. The number of aromatic nitrogens is 3. The summed E-state index contributed by atoms with van der Waals surface area (Å²) >= 11 is 1.34. The Balaban J connectivity index is 2.00. The van der Waals surface area contributed by atoms with Gasteiger partial charge in [-0.3, -0.25) is 14.6 Å². The largest absolute Gasteiger partial charge is 0.494 e. The van der Waals surface area contributed by atoms with Crippen LogP contribution in [0, 0.1) is 0 Å². The lowest BCUT2D eigenvalue weighted by Crippen LogP contribution is -2.60. The zero-order chi connectivity index (χ0) is 20.5. The first-order chi connectivity index (χ1) is 14.0. The van der Waals surface area contributed by atoms with Gasteiger partial charge < -0.3 is 4.74 Å². The number of aromatic amines is 1. The number of H-pyrrole nitrogens is 1. The monoisotopic (exact) mass is 409 g/mol. The molecule has 2 aromatic carbocycles. The van der Waals surface area contributed by atoms with Crippen molar-refractivity contribution in [2.45, 2.75) is 25.2 Å². The van der Waals surface area contributed by atoms with Crippen LogP contribution in [-0.2, 0) is 4.79 Å². The molecule has 4 rings (SSSR count). The fourth-order valence-corrected chi connectivity index (χ4v) is 3.97. The normalized spacial score (nSPS) is 14.9. The molecule has 0 saturated heterocycles. The molecule has 8 heteroatoms. The number of nitrogens with zero attached hydrogens (tertiary/aromatic N) is 3. The number of para-hydroxylation sites is 1. The van der Waals surface area contributed by atoms with E-state index in [-0.39, 0.29) is 11.5 Å². The van der Waals surface area contributed by atoms with Crippen molar-refractivity contribution in [1.29, 1.82) is 0 Å². The van der Waals surface area contributed by atoms with Crippen LogP contribution in [0.15, 0.2) is 58.5 Å². The van der Waals surface area contributed by atoms with Gasteiger partial charge >= 0.3 is 11.3 Å². The highest BCUT2D eigenvalue weighted by atomic mass is 32.2. The first-order valence-electron chi connectivity index (χ1n) is 9.27. The van der Waals surface area contributed by atoms with Crippen molar-refractivity contribution in [1.82, 2.24) is 10.1 Å². The molecule has 0 fully saturated rings. The SMILES string of the molecule is CCOc1ccc([C@H]2N(C(C)=O)c3ccccc3-c3c(=O)[nH]c(SC)n[n+]32)cc1. The molecule has 0 aliphatic carbocycles. The van der Waals surface area contributed by atoms with Crippen LogP contribution < -0.4 is 19.9 Å². The molecule has 1 aromatic heterocycles. The number of carbonyl (C=O) groups is 1. The van der Waals surface area contributed by atoms with Crippen LogP contribution in [0.25, 0.3) is 11.3 Å². The van der Waals surface area contributed by atoms with E-state index in [1.54, 1.807) is 9.58 Å². The smallest absolute Gasteiger partial charge is 0.325 e. The van der Waals surface area contributed by atoms with Crippen molar-refractivity contribution in [2.24, 2.45) is 0 Å². The summed E-state index contributed by atoms with van der Waals surface area (Å²) in [5.41, 5.74) is 2.37. The van der Waals surface area contributed by atoms with Gasteiger partial charge in [0, 0.05) is 17.6 Å². The lowest BCUT2D eigenvalue weighted by Gasteiger charge is -2.31. The van der Waals surface area contributed by atoms with E-state index >= 15 is 0 Å². The topological polar surface area (TPSA) is 79.2 Å². The molecule has 1 N–H and O–H groups in total. The number of rotatable bonds is 4. The second-order valence-electron chi connectivity index (χ2n) is 6.54. The summed E-state index contributed by atoms with van der Waals surface area (Å²) in [6, 6.07) is 14.9. The summed E-state index contributed by atoms with van der Waals surface area (Å²) in [5, 5.41) is 5.12. The molecule has 1 aliphatic heterocycles. The van der Waals surface area contributed by atoms with Gasteiger partial charge in [0.1, 0.15) is 5.75 Å². The van der Waals surface area contributed by atoms with Gasteiger partial charge in [0.25, 0.3) is 6.17 Å². The molecule has 1 aliphatic rings. The maximum atomic E-state index is 12.9. The minimum absolute atomic E-state index is 0.137. The Morgan fingerprint density at radius 2 is 1.97 bits per heavy atom. The number of hydrogen-bond acceptors (Lipinski definition) is 5. The molecule has 7 nitrogen and oxygen atoms in total. The maximum absolute atomic E-state index is 12.9.